The number of nitrogens with zero attached hydrogens (tertiary/aromatic N) is 1. The first-order valence-corrected chi connectivity index (χ1v) is 10.5. The van der Waals surface area contributed by atoms with Crippen molar-refractivity contribution in [3.05, 3.63) is 21.5 Å². The summed E-state index contributed by atoms with van der Waals surface area (Å²) in [6.45, 7) is 4.72. The predicted molar refractivity (Wildman–Crippen MR) is 105 cm³/mol. The average Bonchev–Trinajstić information content (AvgIpc) is 3.18. The van der Waals surface area contributed by atoms with Gasteiger partial charge in [-0.1, -0.05) is 13.8 Å². The first-order chi connectivity index (χ1) is 12.5. The lowest BCUT2D eigenvalue weighted by Gasteiger charge is -2.12. The Morgan fingerprint density at radius 2 is 2.08 bits per heavy atom. The van der Waals surface area contributed by atoms with Crippen LogP contribution < -0.4 is 10.6 Å². The summed E-state index contributed by atoms with van der Waals surface area (Å²) < 4.78 is 0. The largest absolute Gasteiger partial charge is 0.476 e. The molecule has 0 saturated heterocycles. The summed E-state index contributed by atoms with van der Waals surface area (Å²) in [5, 5.41) is 18.5. The number of thiophene rings is 1. The number of fused-ring (bicyclic) bond motifs is 1. The van der Waals surface area contributed by atoms with Crippen LogP contribution in [0.1, 0.15) is 54.0 Å². The van der Waals surface area contributed by atoms with Crippen molar-refractivity contribution in [1.82, 2.24) is 10.3 Å². The highest BCUT2D eigenvalue weighted by atomic mass is 32.1. The molecule has 26 heavy (non-hydrogen) atoms. The molecule has 1 aliphatic rings. The van der Waals surface area contributed by atoms with E-state index in [1.54, 1.807) is 16.7 Å². The van der Waals surface area contributed by atoms with Crippen molar-refractivity contribution >= 4 is 39.6 Å². The van der Waals surface area contributed by atoms with Gasteiger partial charge >= 0.3 is 5.97 Å². The summed E-state index contributed by atoms with van der Waals surface area (Å²) in [6, 6.07) is 0.345. The SMILES string of the molecule is CC(C)NCCC(=O)Nc1sc2c(c1-c1nc(C(=O)O)cs1)CCCC2. The number of carbonyl (C=O) groups is 2. The number of aromatic carboxylic acids is 1. The lowest BCUT2D eigenvalue weighted by atomic mass is 9.96. The third-order valence-corrected chi connectivity index (χ3v) is 6.33. The molecular weight excluding hydrogens is 370 g/mol. The summed E-state index contributed by atoms with van der Waals surface area (Å²) in [7, 11) is 0. The van der Waals surface area contributed by atoms with E-state index in [9.17, 15) is 9.59 Å². The molecule has 140 valence electrons. The Bertz CT molecular complexity index is 811. The Balaban J connectivity index is 1.86. The zero-order valence-electron chi connectivity index (χ0n) is 14.9. The first kappa shape index (κ1) is 19.0. The second-order valence-corrected chi connectivity index (χ2v) is 8.63. The van der Waals surface area contributed by atoms with E-state index in [2.05, 4.69) is 15.6 Å². The monoisotopic (exact) mass is 393 g/mol. The van der Waals surface area contributed by atoms with Crippen molar-refractivity contribution in [3.8, 4) is 10.6 Å². The zero-order valence-corrected chi connectivity index (χ0v) is 16.6. The minimum atomic E-state index is -1.03. The van der Waals surface area contributed by atoms with Crippen LogP contribution in [0.3, 0.4) is 0 Å². The molecule has 2 aromatic rings. The van der Waals surface area contributed by atoms with Crippen molar-refractivity contribution in [2.24, 2.45) is 0 Å². The van der Waals surface area contributed by atoms with E-state index in [1.807, 2.05) is 13.8 Å². The van der Waals surface area contributed by atoms with Crippen molar-refractivity contribution in [2.75, 3.05) is 11.9 Å². The number of carboxylic acid groups (broad SMARTS) is 1. The van der Waals surface area contributed by atoms with Gasteiger partial charge in [0.05, 0.1) is 0 Å². The Hall–Kier alpha value is -1.77. The molecule has 0 radical (unpaired) electrons. The quantitative estimate of drug-likeness (QED) is 0.666. The van der Waals surface area contributed by atoms with Gasteiger partial charge in [-0.3, -0.25) is 4.79 Å². The molecule has 0 aromatic carbocycles. The Morgan fingerprint density at radius 3 is 2.77 bits per heavy atom. The van der Waals surface area contributed by atoms with Crippen LogP contribution in [0, 0.1) is 0 Å². The number of aromatic nitrogens is 1. The highest BCUT2D eigenvalue weighted by Gasteiger charge is 2.25. The Kier molecular flexibility index (Phi) is 6.05. The van der Waals surface area contributed by atoms with E-state index in [1.165, 1.54) is 21.8 Å². The Morgan fingerprint density at radius 1 is 1.31 bits per heavy atom. The maximum absolute atomic E-state index is 12.3. The third-order valence-electron chi connectivity index (χ3n) is 4.27. The second-order valence-electron chi connectivity index (χ2n) is 6.67. The number of thiazole rings is 1. The van der Waals surface area contributed by atoms with E-state index in [0.29, 0.717) is 24.0 Å². The number of anilines is 1. The molecule has 0 atom stereocenters. The number of hydrogen-bond acceptors (Lipinski definition) is 6. The van der Waals surface area contributed by atoms with Gasteiger partial charge in [-0.05, 0) is 31.2 Å². The maximum atomic E-state index is 12.3. The van der Waals surface area contributed by atoms with Gasteiger partial charge in [0.2, 0.25) is 5.91 Å². The van der Waals surface area contributed by atoms with Gasteiger partial charge in [-0.15, -0.1) is 22.7 Å². The fourth-order valence-electron chi connectivity index (χ4n) is 3.03. The number of nitrogens with one attached hydrogen (secondary N) is 2. The van der Waals surface area contributed by atoms with Crippen molar-refractivity contribution < 1.29 is 14.7 Å². The molecule has 0 saturated carbocycles. The van der Waals surface area contributed by atoms with Gasteiger partial charge in [0.1, 0.15) is 10.0 Å². The smallest absolute Gasteiger partial charge is 0.355 e. The summed E-state index contributed by atoms with van der Waals surface area (Å²) in [5.74, 6) is -1.06. The molecule has 3 N–H and O–H groups in total. The normalized spacial score (nSPS) is 13.7. The molecule has 1 amide bonds. The third kappa shape index (κ3) is 4.31. The number of aryl methyl sites for hydroxylation is 1. The summed E-state index contributed by atoms with van der Waals surface area (Å²) in [5.41, 5.74) is 2.20. The summed E-state index contributed by atoms with van der Waals surface area (Å²) in [6.07, 6.45) is 4.62. The van der Waals surface area contributed by atoms with Crippen LogP contribution >= 0.6 is 22.7 Å². The van der Waals surface area contributed by atoms with Crippen molar-refractivity contribution in [2.45, 2.75) is 52.0 Å². The molecule has 0 aliphatic heterocycles. The Labute approximate surface area is 160 Å². The van der Waals surface area contributed by atoms with Crippen LogP contribution in [-0.4, -0.2) is 34.6 Å². The van der Waals surface area contributed by atoms with Gasteiger partial charge in [0.15, 0.2) is 5.69 Å². The minimum Gasteiger partial charge on any atom is -0.476 e. The number of carboxylic acids is 1. The minimum absolute atomic E-state index is 0.0342. The van der Waals surface area contributed by atoms with Gasteiger partial charge in [-0.25, -0.2) is 9.78 Å². The summed E-state index contributed by atoms with van der Waals surface area (Å²) in [4.78, 5) is 29.1. The molecule has 8 heteroatoms. The lowest BCUT2D eigenvalue weighted by Crippen LogP contribution is -2.27. The van der Waals surface area contributed by atoms with Gasteiger partial charge in [-0.2, -0.15) is 0 Å². The standard InChI is InChI=1S/C18H23N3O3S2/c1-10(2)19-8-7-14(22)21-17-15(11-5-3-4-6-13(11)26-17)16-20-12(9-25-16)18(23)24/h9-10,19H,3-8H2,1-2H3,(H,21,22)(H,23,24). The molecule has 2 aromatic heterocycles. The molecule has 0 bridgehead atoms. The number of amides is 1. The van der Waals surface area contributed by atoms with E-state index < -0.39 is 5.97 Å². The zero-order chi connectivity index (χ0) is 18.7. The molecule has 0 spiro atoms. The molecule has 6 nitrogen and oxygen atoms in total. The highest BCUT2D eigenvalue weighted by Crippen LogP contribution is 2.45. The van der Waals surface area contributed by atoms with Crippen LogP contribution in [0.5, 0.6) is 0 Å². The summed E-state index contributed by atoms with van der Waals surface area (Å²) >= 11 is 2.93. The van der Waals surface area contributed by atoms with E-state index in [4.69, 9.17) is 5.11 Å². The van der Waals surface area contributed by atoms with Crippen LogP contribution in [0.4, 0.5) is 5.00 Å². The molecule has 1 aliphatic carbocycles. The van der Waals surface area contributed by atoms with Crippen LogP contribution in [0.15, 0.2) is 5.38 Å². The van der Waals surface area contributed by atoms with Crippen molar-refractivity contribution in [1.29, 1.82) is 0 Å². The van der Waals surface area contributed by atoms with E-state index in [0.717, 1.165) is 36.2 Å². The number of hydrogen-bond donors (Lipinski definition) is 3. The fraction of sp³-hybridized carbons (Fsp3) is 0.500. The highest BCUT2D eigenvalue weighted by molar-refractivity contribution is 7.18. The topological polar surface area (TPSA) is 91.3 Å². The van der Waals surface area contributed by atoms with Crippen LogP contribution in [0.25, 0.3) is 10.6 Å². The van der Waals surface area contributed by atoms with Gasteiger partial charge in [0, 0.05) is 34.8 Å². The number of carbonyl (C=O) groups excluding carboxylic acids is 1. The number of rotatable bonds is 7. The molecule has 3 rings (SSSR count). The van der Waals surface area contributed by atoms with E-state index >= 15 is 0 Å². The van der Waals surface area contributed by atoms with E-state index in [-0.39, 0.29) is 11.6 Å². The first-order valence-electron chi connectivity index (χ1n) is 8.82. The fourth-order valence-corrected chi connectivity index (χ4v) is 5.27. The van der Waals surface area contributed by atoms with Crippen LogP contribution in [-0.2, 0) is 17.6 Å². The molecule has 2 heterocycles. The average molecular weight is 394 g/mol. The molecule has 0 unspecified atom stereocenters. The predicted octanol–water partition coefficient (Wildman–Crippen LogP) is 3.78. The molecular formula is C18H23N3O3S2. The van der Waals surface area contributed by atoms with Gasteiger partial charge in [0.25, 0.3) is 0 Å². The molecule has 0 fully saturated rings. The lowest BCUT2D eigenvalue weighted by molar-refractivity contribution is -0.116. The van der Waals surface area contributed by atoms with Gasteiger partial charge < -0.3 is 15.7 Å². The maximum Gasteiger partial charge on any atom is 0.355 e. The van der Waals surface area contributed by atoms with Crippen molar-refractivity contribution in [3.63, 3.8) is 0 Å². The van der Waals surface area contributed by atoms with Crippen LogP contribution in [0.2, 0.25) is 0 Å². The second kappa shape index (κ2) is 8.28.